The highest BCUT2D eigenvalue weighted by atomic mass is 32.1. The minimum absolute atomic E-state index is 0.0869. The van der Waals surface area contributed by atoms with E-state index in [0.29, 0.717) is 28.4 Å². The molecular formula is C21H26N2O4S. The van der Waals surface area contributed by atoms with E-state index in [4.69, 9.17) is 0 Å². The number of thiophene rings is 1. The van der Waals surface area contributed by atoms with Crippen molar-refractivity contribution in [2.24, 2.45) is 5.41 Å². The molecule has 7 heteroatoms. The van der Waals surface area contributed by atoms with Crippen LogP contribution in [-0.4, -0.2) is 31.4 Å². The molecule has 0 unspecified atom stereocenters. The molecule has 0 radical (unpaired) electrons. The zero-order chi connectivity index (χ0) is 20.9. The Morgan fingerprint density at radius 2 is 1.75 bits per heavy atom. The zero-order valence-corrected chi connectivity index (χ0v) is 17.7. The average Bonchev–Trinajstić information content (AvgIpc) is 3.01. The van der Waals surface area contributed by atoms with E-state index < -0.39 is 5.41 Å². The van der Waals surface area contributed by atoms with Crippen molar-refractivity contribution >= 4 is 34.1 Å². The maximum Gasteiger partial charge on any atom is 0.337 e. The van der Waals surface area contributed by atoms with Crippen LogP contribution in [0.15, 0.2) is 30.3 Å². The van der Waals surface area contributed by atoms with Gasteiger partial charge >= 0.3 is 5.97 Å². The van der Waals surface area contributed by atoms with E-state index in [-0.39, 0.29) is 17.8 Å². The van der Waals surface area contributed by atoms with Crippen LogP contribution in [0.25, 0.3) is 0 Å². The van der Waals surface area contributed by atoms with Crippen LogP contribution in [0.4, 0.5) is 5.00 Å². The lowest BCUT2D eigenvalue weighted by atomic mass is 9.96. The summed E-state index contributed by atoms with van der Waals surface area (Å²) in [7, 11) is 1.35. The molecule has 0 saturated carbocycles. The fourth-order valence-electron chi connectivity index (χ4n) is 2.39. The van der Waals surface area contributed by atoms with Crippen molar-refractivity contribution in [3.05, 3.63) is 51.9 Å². The van der Waals surface area contributed by atoms with E-state index in [0.717, 1.165) is 11.1 Å². The molecule has 1 heterocycles. The van der Waals surface area contributed by atoms with Gasteiger partial charge in [0.15, 0.2) is 0 Å². The number of methoxy groups -OCH3 is 1. The monoisotopic (exact) mass is 402 g/mol. The van der Waals surface area contributed by atoms with Crippen LogP contribution in [0.3, 0.4) is 0 Å². The highest BCUT2D eigenvalue weighted by Crippen LogP contribution is 2.28. The van der Waals surface area contributed by atoms with Crippen molar-refractivity contribution in [2.45, 2.75) is 34.1 Å². The number of esters is 1. The van der Waals surface area contributed by atoms with Gasteiger partial charge in [0.25, 0.3) is 5.91 Å². The Bertz CT molecular complexity index is 864. The van der Waals surface area contributed by atoms with E-state index >= 15 is 0 Å². The second-order valence-electron chi connectivity index (χ2n) is 7.52. The molecule has 0 atom stereocenters. The predicted molar refractivity (Wildman–Crippen MR) is 111 cm³/mol. The van der Waals surface area contributed by atoms with Crippen molar-refractivity contribution in [2.75, 3.05) is 19.0 Å². The number of hydrogen-bond acceptors (Lipinski definition) is 5. The van der Waals surface area contributed by atoms with Gasteiger partial charge in [-0.2, -0.15) is 0 Å². The lowest BCUT2D eigenvalue weighted by Crippen LogP contribution is -2.27. The number of carbonyl (C=O) groups is 3. The van der Waals surface area contributed by atoms with Gasteiger partial charge in [-0.05, 0) is 42.7 Å². The molecule has 2 amide bonds. The SMILES string of the molecule is COC(=O)c1ccc(CCNC(=O)c2sc(NC(=O)C(C)(C)C)cc2C)cc1. The molecular weight excluding hydrogens is 376 g/mol. The Balaban J connectivity index is 1.91. The normalized spacial score (nSPS) is 11.0. The molecule has 0 aliphatic rings. The van der Waals surface area contributed by atoms with Gasteiger partial charge in [0, 0.05) is 12.0 Å². The number of aryl methyl sites for hydroxylation is 1. The molecule has 0 spiro atoms. The summed E-state index contributed by atoms with van der Waals surface area (Å²) in [5, 5.41) is 6.43. The second-order valence-corrected chi connectivity index (χ2v) is 8.57. The summed E-state index contributed by atoms with van der Waals surface area (Å²) < 4.78 is 4.67. The molecule has 1 aromatic heterocycles. The molecule has 0 aliphatic heterocycles. The summed E-state index contributed by atoms with van der Waals surface area (Å²) >= 11 is 1.27. The van der Waals surface area contributed by atoms with Crippen molar-refractivity contribution in [1.29, 1.82) is 0 Å². The zero-order valence-electron chi connectivity index (χ0n) is 16.8. The minimum Gasteiger partial charge on any atom is -0.465 e. The van der Waals surface area contributed by atoms with Crippen LogP contribution in [0.5, 0.6) is 0 Å². The smallest absolute Gasteiger partial charge is 0.337 e. The van der Waals surface area contributed by atoms with Crippen LogP contribution in [-0.2, 0) is 16.0 Å². The summed E-state index contributed by atoms with van der Waals surface area (Å²) in [6.45, 7) is 7.84. The van der Waals surface area contributed by atoms with Crippen molar-refractivity contribution in [3.63, 3.8) is 0 Å². The van der Waals surface area contributed by atoms with Crippen LogP contribution in [0, 0.1) is 12.3 Å². The van der Waals surface area contributed by atoms with Gasteiger partial charge in [0.1, 0.15) is 0 Å². The number of carbonyl (C=O) groups excluding carboxylic acids is 3. The van der Waals surface area contributed by atoms with Crippen molar-refractivity contribution in [1.82, 2.24) is 5.32 Å². The molecule has 0 aliphatic carbocycles. The Labute approximate surface area is 169 Å². The first-order valence-electron chi connectivity index (χ1n) is 8.99. The number of nitrogens with one attached hydrogen (secondary N) is 2. The highest BCUT2D eigenvalue weighted by Gasteiger charge is 2.23. The predicted octanol–water partition coefficient (Wildman–Crippen LogP) is 3.80. The first kappa shape index (κ1) is 21.6. The van der Waals surface area contributed by atoms with Gasteiger partial charge in [0.05, 0.1) is 22.6 Å². The maximum absolute atomic E-state index is 12.5. The quantitative estimate of drug-likeness (QED) is 0.720. The molecule has 2 aromatic rings. The maximum atomic E-state index is 12.5. The molecule has 0 saturated heterocycles. The molecule has 2 N–H and O–H groups in total. The topological polar surface area (TPSA) is 84.5 Å². The molecule has 0 fully saturated rings. The van der Waals surface area contributed by atoms with E-state index in [2.05, 4.69) is 15.4 Å². The summed E-state index contributed by atoms with van der Waals surface area (Å²) in [6, 6.07) is 8.91. The first-order chi connectivity index (χ1) is 13.1. The Hall–Kier alpha value is -2.67. The van der Waals surface area contributed by atoms with Crippen molar-refractivity contribution in [3.8, 4) is 0 Å². The Morgan fingerprint density at radius 3 is 2.32 bits per heavy atom. The third kappa shape index (κ3) is 5.66. The summed E-state index contributed by atoms with van der Waals surface area (Å²) in [5.74, 6) is -0.622. The largest absolute Gasteiger partial charge is 0.465 e. The van der Waals surface area contributed by atoms with Crippen LogP contribution in [0.1, 0.15) is 51.9 Å². The molecule has 6 nitrogen and oxygen atoms in total. The van der Waals surface area contributed by atoms with Gasteiger partial charge in [0.2, 0.25) is 5.91 Å². The third-order valence-electron chi connectivity index (χ3n) is 4.12. The van der Waals surface area contributed by atoms with E-state index in [1.165, 1.54) is 18.4 Å². The lowest BCUT2D eigenvalue weighted by molar-refractivity contribution is -0.123. The molecule has 150 valence electrons. The van der Waals surface area contributed by atoms with Gasteiger partial charge in [-0.15, -0.1) is 11.3 Å². The molecule has 0 bridgehead atoms. The third-order valence-corrected chi connectivity index (χ3v) is 5.27. The number of rotatable bonds is 6. The van der Waals surface area contributed by atoms with Gasteiger partial charge < -0.3 is 15.4 Å². The minimum atomic E-state index is -0.496. The number of anilines is 1. The van der Waals surface area contributed by atoms with E-state index in [1.807, 2.05) is 45.9 Å². The van der Waals surface area contributed by atoms with Crippen LogP contribution >= 0.6 is 11.3 Å². The highest BCUT2D eigenvalue weighted by molar-refractivity contribution is 7.18. The number of ether oxygens (including phenoxy) is 1. The fourth-order valence-corrected chi connectivity index (χ4v) is 3.38. The number of amides is 2. The Morgan fingerprint density at radius 1 is 1.11 bits per heavy atom. The van der Waals surface area contributed by atoms with Gasteiger partial charge in [-0.1, -0.05) is 32.9 Å². The second kappa shape index (κ2) is 9.01. The standard InChI is InChI=1S/C21H26N2O4S/c1-13-12-16(23-20(26)21(2,3)4)28-17(13)18(24)22-11-10-14-6-8-15(9-7-14)19(25)27-5/h6-9,12H,10-11H2,1-5H3,(H,22,24)(H,23,26). The van der Waals surface area contributed by atoms with Gasteiger partial charge in [-0.3, -0.25) is 9.59 Å². The van der Waals surface area contributed by atoms with Crippen LogP contribution in [0.2, 0.25) is 0 Å². The molecule has 28 heavy (non-hydrogen) atoms. The fraction of sp³-hybridized carbons (Fsp3) is 0.381. The van der Waals surface area contributed by atoms with Crippen LogP contribution < -0.4 is 10.6 Å². The lowest BCUT2D eigenvalue weighted by Gasteiger charge is -2.16. The Kier molecular flexibility index (Phi) is 6.96. The number of benzene rings is 1. The van der Waals surface area contributed by atoms with Crippen molar-refractivity contribution < 1.29 is 19.1 Å². The average molecular weight is 403 g/mol. The van der Waals surface area contributed by atoms with E-state index in [1.54, 1.807) is 12.1 Å². The van der Waals surface area contributed by atoms with E-state index in [9.17, 15) is 14.4 Å². The summed E-state index contributed by atoms with van der Waals surface area (Å²) in [6.07, 6.45) is 0.644. The number of hydrogen-bond donors (Lipinski definition) is 2. The molecule has 1 aromatic carbocycles. The summed E-state index contributed by atoms with van der Waals surface area (Å²) in [4.78, 5) is 36.6. The molecule has 2 rings (SSSR count). The first-order valence-corrected chi connectivity index (χ1v) is 9.81. The summed E-state index contributed by atoms with van der Waals surface area (Å²) in [5.41, 5.74) is 1.83. The van der Waals surface area contributed by atoms with Gasteiger partial charge in [-0.25, -0.2) is 4.79 Å².